The number of nitrogens with one attached hydrogen (secondary N) is 1. The maximum absolute atomic E-state index is 4.45. The highest BCUT2D eigenvalue weighted by atomic mass is 15.3. The fourth-order valence-electron chi connectivity index (χ4n) is 2.91. The predicted octanol–water partition coefficient (Wildman–Crippen LogP) is 2.44. The van der Waals surface area contributed by atoms with Crippen LogP contribution in [0.4, 0.5) is 0 Å². The van der Waals surface area contributed by atoms with Crippen molar-refractivity contribution in [2.24, 2.45) is 0 Å². The standard InChI is InChI=1S/C17H24N4/c1-14-10-16(8-9-20(14)2)18-11-15-12-19-21(13-15)17-6-4-3-5-7-17/h3-7,12-14,16,18H,8-11H2,1-2H3. The number of nitrogens with zero attached hydrogens (tertiary/aromatic N) is 3. The van der Waals surface area contributed by atoms with Gasteiger partial charge in [0.05, 0.1) is 11.9 Å². The van der Waals surface area contributed by atoms with Gasteiger partial charge in [0.15, 0.2) is 0 Å². The largest absolute Gasteiger partial charge is 0.310 e. The van der Waals surface area contributed by atoms with Crippen LogP contribution >= 0.6 is 0 Å². The third-order valence-electron chi connectivity index (χ3n) is 4.46. The number of likely N-dealkylation sites (tertiary alicyclic amines) is 1. The van der Waals surface area contributed by atoms with Gasteiger partial charge in [-0.05, 0) is 45.5 Å². The Kier molecular flexibility index (Phi) is 4.36. The highest BCUT2D eigenvalue weighted by molar-refractivity contribution is 5.30. The lowest BCUT2D eigenvalue weighted by Crippen LogP contribution is -2.45. The summed E-state index contributed by atoms with van der Waals surface area (Å²) in [5, 5.41) is 8.12. The van der Waals surface area contributed by atoms with E-state index in [2.05, 4.69) is 47.6 Å². The number of piperidine rings is 1. The molecule has 1 aromatic carbocycles. The minimum absolute atomic E-state index is 0.622. The highest BCUT2D eigenvalue weighted by Gasteiger charge is 2.22. The van der Waals surface area contributed by atoms with Crippen molar-refractivity contribution in [2.75, 3.05) is 13.6 Å². The molecule has 0 amide bonds. The van der Waals surface area contributed by atoms with E-state index in [0.717, 1.165) is 12.2 Å². The number of rotatable bonds is 4. The lowest BCUT2D eigenvalue weighted by Gasteiger charge is -2.35. The second kappa shape index (κ2) is 6.41. The minimum Gasteiger partial charge on any atom is -0.310 e. The summed E-state index contributed by atoms with van der Waals surface area (Å²) in [6, 6.07) is 11.5. The topological polar surface area (TPSA) is 33.1 Å². The third-order valence-corrected chi connectivity index (χ3v) is 4.46. The zero-order chi connectivity index (χ0) is 14.7. The molecule has 0 saturated carbocycles. The lowest BCUT2D eigenvalue weighted by molar-refractivity contribution is 0.168. The van der Waals surface area contributed by atoms with E-state index in [-0.39, 0.29) is 0 Å². The average Bonchev–Trinajstić information content (AvgIpc) is 2.98. The van der Waals surface area contributed by atoms with Gasteiger partial charge in [-0.3, -0.25) is 0 Å². The molecule has 0 radical (unpaired) electrons. The number of benzene rings is 1. The molecule has 4 heteroatoms. The van der Waals surface area contributed by atoms with E-state index in [1.807, 2.05) is 29.1 Å². The first-order chi connectivity index (χ1) is 10.2. The van der Waals surface area contributed by atoms with E-state index in [0.29, 0.717) is 12.1 Å². The normalized spacial score (nSPS) is 23.3. The van der Waals surface area contributed by atoms with Gasteiger partial charge in [0.2, 0.25) is 0 Å². The number of para-hydroxylation sites is 1. The minimum atomic E-state index is 0.622. The van der Waals surface area contributed by atoms with E-state index >= 15 is 0 Å². The maximum atomic E-state index is 4.45. The van der Waals surface area contributed by atoms with Gasteiger partial charge in [-0.1, -0.05) is 18.2 Å². The van der Waals surface area contributed by atoms with Crippen LogP contribution in [-0.2, 0) is 6.54 Å². The van der Waals surface area contributed by atoms with Crippen molar-refractivity contribution in [3.05, 3.63) is 48.3 Å². The van der Waals surface area contributed by atoms with Gasteiger partial charge in [0.1, 0.15) is 0 Å². The molecule has 3 rings (SSSR count). The fourth-order valence-corrected chi connectivity index (χ4v) is 2.91. The Bertz CT molecular complexity index is 563. The van der Waals surface area contributed by atoms with Crippen LogP contribution in [0.15, 0.2) is 42.7 Å². The van der Waals surface area contributed by atoms with Crippen LogP contribution in [0.1, 0.15) is 25.3 Å². The molecule has 1 aliphatic rings. The van der Waals surface area contributed by atoms with Crippen molar-refractivity contribution in [3.8, 4) is 5.69 Å². The SMILES string of the molecule is CC1CC(NCc2cnn(-c3ccccc3)c2)CCN1C. The van der Waals surface area contributed by atoms with Crippen molar-refractivity contribution in [2.45, 2.75) is 38.4 Å². The Labute approximate surface area is 126 Å². The van der Waals surface area contributed by atoms with Crippen LogP contribution in [0.5, 0.6) is 0 Å². The first-order valence-corrected chi connectivity index (χ1v) is 7.75. The molecule has 112 valence electrons. The molecular formula is C17H24N4. The lowest BCUT2D eigenvalue weighted by atomic mass is 9.99. The Balaban J connectivity index is 1.56. The highest BCUT2D eigenvalue weighted by Crippen LogP contribution is 2.16. The summed E-state index contributed by atoms with van der Waals surface area (Å²) in [5.74, 6) is 0. The first-order valence-electron chi connectivity index (χ1n) is 7.75. The number of aromatic nitrogens is 2. The van der Waals surface area contributed by atoms with Crippen LogP contribution in [0.3, 0.4) is 0 Å². The van der Waals surface area contributed by atoms with Gasteiger partial charge in [-0.2, -0.15) is 5.10 Å². The summed E-state index contributed by atoms with van der Waals surface area (Å²) in [5.41, 5.74) is 2.35. The predicted molar refractivity (Wildman–Crippen MR) is 85.5 cm³/mol. The van der Waals surface area contributed by atoms with Crippen molar-refractivity contribution >= 4 is 0 Å². The second-order valence-corrected chi connectivity index (χ2v) is 6.06. The van der Waals surface area contributed by atoms with Gasteiger partial charge in [-0.25, -0.2) is 4.68 Å². The van der Waals surface area contributed by atoms with Crippen LogP contribution in [-0.4, -0.2) is 40.4 Å². The van der Waals surface area contributed by atoms with E-state index < -0.39 is 0 Å². The molecule has 0 aliphatic carbocycles. The van der Waals surface area contributed by atoms with Crippen molar-refractivity contribution < 1.29 is 0 Å². The van der Waals surface area contributed by atoms with Gasteiger partial charge < -0.3 is 10.2 Å². The van der Waals surface area contributed by atoms with E-state index in [4.69, 9.17) is 0 Å². The molecule has 4 nitrogen and oxygen atoms in total. The van der Waals surface area contributed by atoms with Crippen molar-refractivity contribution in [1.82, 2.24) is 20.0 Å². The molecule has 1 aromatic heterocycles. The molecule has 0 bridgehead atoms. The fraction of sp³-hybridized carbons (Fsp3) is 0.471. The van der Waals surface area contributed by atoms with Gasteiger partial charge in [-0.15, -0.1) is 0 Å². The molecule has 2 atom stereocenters. The molecule has 1 aliphatic heterocycles. The molecule has 2 unspecified atom stereocenters. The van der Waals surface area contributed by atoms with Gasteiger partial charge in [0, 0.05) is 30.4 Å². The zero-order valence-corrected chi connectivity index (χ0v) is 12.9. The zero-order valence-electron chi connectivity index (χ0n) is 12.9. The van der Waals surface area contributed by atoms with Crippen LogP contribution in [0.2, 0.25) is 0 Å². The van der Waals surface area contributed by atoms with Crippen molar-refractivity contribution in [3.63, 3.8) is 0 Å². The Hall–Kier alpha value is -1.65. The van der Waals surface area contributed by atoms with Gasteiger partial charge >= 0.3 is 0 Å². The van der Waals surface area contributed by atoms with Crippen LogP contribution in [0.25, 0.3) is 5.69 Å². The number of hydrogen-bond donors (Lipinski definition) is 1. The molecule has 1 N–H and O–H groups in total. The summed E-state index contributed by atoms with van der Waals surface area (Å²) in [4.78, 5) is 2.44. The molecular weight excluding hydrogens is 260 g/mol. The molecule has 2 aromatic rings. The first kappa shape index (κ1) is 14.3. The van der Waals surface area contributed by atoms with Crippen LogP contribution < -0.4 is 5.32 Å². The van der Waals surface area contributed by atoms with E-state index in [1.54, 1.807) is 0 Å². The monoisotopic (exact) mass is 284 g/mol. The Morgan fingerprint density at radius 3 is 2.86 bits per heavy atom. The smallest absolute Gasteiger partial charge is 0.0645 e. The third kappa shape index (κ3) is 3.52. The molecule has 1 saturated heterocycles. The molecule has 0 spiro atoms. The molecule has 2 heterocycles. The molecule has 1 fully saturated rings. The van der Waals surface area contributed by atoms with E-state index in [1.165, 1.54) is 24.9 Å². The van der Waals surface area contributed by atoms with Crippen molar-refractivity contribution in [1.29, 1.82) is 0 Å². The average molecular weight is 284 g/mol. The van der Waals surface area contributed by atoms with Crippen LogP contribution in [0, 0.1) is 0 Å². The summed E-state index contributed by atoms with van der Waals surface area (Å²) in [6.45, 7) is 4.39. The number of hydrogen-bond acceptors (Lipinski definition) is 3. The summed E-state index contributed by atoms with van der Waals surface area (Å²) in [7, 11) is 2.21. The maximum Gasteiger partial charge on any atom is 0.0645 e. The summed E-state index contributed by atoms with van der Waals surface area (Å²) in [6.07, 6.45) is 6.52. The van der Waals surface area contributed by atoms with Gasteiger partial charge in [0.25, 0.3) is 0 Å². The molecule has 21 heavy (non-hydrogen) atoms. The van der Waals surface area contributed by atoms with E-state index in [9.17, 15) is 0 Å². The Morgan fingerprint density at radius 2 is 2.10 bits per heavy atom. The summed E-state index contributed by atoms with van der Waals surface area (Å²) < 4.78 is 1.94. The summed E-state index contributed by atoms with van der Waals surface area (Å²) >= 11 is 0. The Morgan fingerprint density at radius 1 is 1.29 bits per heavy atom. The quantitative estimate of drug-likeness (QED) is 0.936. The second-order valence-electron chi connectivity index (χ2n) is 6.06.